The molecule has 0 radical (unpaired) electrons. The molecule has 0 aromatic heterocycles. The van der Waals surface area contributed by atoms with Crippen molar-refractivity contribution < 1.29 is 9.47 Å². The fourth-order valence-electron chi connectivity index (χ4n) is 2.28. The van der Waals surface area contributed by atoms with Gasteiger partial charge in [0.2, 0.25) is 0 Å². The molecule has 0 rings (SSSR count). The summed E-state index contributed by atoms with van der Waals surface area (Å²) in [6.45, 7) is 13.7. The van der Waals surface area contributed by atoms with Crippen LogP contribution >= 0.6 is 0 Å². The number of ether oxygens (including phenoxy) is 2. The Morgan fingerprint density at radius 3 is 2.21 bits per heavy atom. The molecule has 0 aliphatic heterocycles. The predicted octanol–water partition coefficient (Wildman–Crippen LogP) is 1.99. The second-order valence-corrected chi connectivity index (χ2v) is 5.77. The largest absolute Gasteiger partial charge is 0.383 e. The van der Waals surface area contributed by atoms with Gasteiger partial charge in [-0.2, -0.15) is 0 Å². The minimum absolute atomic E-state index is 0.431. The summed E-state index contributed by atoms with van der Waals surface area (Å²) >= 11 is 0. The fraction of sp³-hybridized carbons (Fsp3) is 1.00. The quantitative estimate of drug-likeness (QED) is 0.552. The molecule has 0 fully saturated rings. The van der Waals surface area contributed by atoms with Crippen LogP contribution in [0.25, 0.3) is 0 Å². The van der Waals surface area contributed by atoms with Crippen molar-refractivity contribution in [2.45, 2.75) is 46.2 Å². The van der Waals surface area contributed by atoms with Crippen LogP contribution in [0.3, 0.4) is 0 Å². The summed E-state index contributed by atoms with van der Waals surface area (Å²) in [6.07, 6.45) is 1.16. The van der Waals surface area contributed by atoms with Crippen LogP contribution in [0, 0.1) is 5.92 Å². The van der Waals surface area contributed by atoms with Crippen LogP contribution in [-0.4, -0.2) is 64.1 Å². The van der Waals surface area contributed by atoms with Crippen molar-refractivity contribution in [1.29, 1.82) is 0 Å². The van der Waals surface area contributed by atoms with Gasteiger partial charge in [-0.15, -0.1) is 0 Å². The zero-order chi connectivity index (χ0) is 14.7. The van der Waals surface area contributed by atoms with Gasteiger partial charge in [0.25, 0.3) is 0 Å². The summed E-state index contributed by atoms with van der Waals surface area (Å²) in [6, 6.07) is 0.972. The topological polar surface area (TPSA) is 33.7 Å². The van der Waals surface area contributed by atoms with Crippen molar-refractivity contribution in [2.24, 2.45) is 5.92 Å². The highest BCUT2D eigenvalue weighted by Crippen LogP contribution is 2.09. The Morgan fingerprint density at radius 2 is 1.68 bits per heavy atom. The van der Waals surface area contributed by atoms with Crippen molar-refractivity contribution in [3.05, 3.63) is 0 Å². The minimum Gasteiger partial charge on any atom is -0.383 e. The first-order chi connectivity index (χ1) is 9.02. The van der Waals surface area contributed by atoms with E-state index in [1.54, 1.807) is 14.2 Å². The van der Waals surface area contributed by atoms with Crippen LogP contribution < -0.4 is 5.32 Å². The molecule has 0 bridgehead atoms. The average molecular weight is 274 g/mol. The van der Waals surface area contributed by atoms with Crippen molar-refractivity contribution >= 4 is 0 Å². The molecular weight excluding hydrogens is 240 g/mol. The zero-order valence-electron chi connectivity index (χ0n) is 13.7. The molecule has 0 heterocycles. The summed E-state index contributed by atoms with van der Waals surface area (Å²) in [5.41, 5.74) is 0. The van der Waals surface area contributed by atoms with Crippen LogP contribution in [-0.2, 0) is 9.47 Å². The lowest BCUT2D eigenvalue weighted by atomic mass is 10.1. The van der Waals surface area contributed by atoms with Crippen molar-refractivity contribution in [2.75, 3.05) is 47.1 Å². The van der Waals surface area contributed by atoms with Gasteiger partial charge in [0.1, 0.15) is 0 Å². The van der Waals surface area contributed by atoms with Gasteiger partial charge in [-0.25, -0.2) is 0 Å². The van der Waals surface area contributed by atoms with Crippen LogP contribution in [0.4, 0.5) is 0 Å². The molecule has 0 aliphatic rings. The SMILES string of the molecule is COCCN(C(C)CCNCC(C)C)C(C)COC. The van der Waals surface area contributed by atoms with Gasteiger partial charge in [-0.1, -0.05) is 13.8 Å². The smallest absolute Gasteiger partial charge is 0.0615 e. The fourth-order valence-corrected chi connectivity index (χ4v) is 2.28. The van der Waals surface area contributed by atoms with Gasteiger partial charge in [0.05, 0.1) is 13.2 Å². The number of methoxy groups -OCH3 is 2. The van der Waals surface area contributed by atoms with E-state index in [9.17, 15) is 0 Å². The molecule has 1 N–H and O–H groups in total. The molecular formula is C15H34N2O2. The molecule has 2 atom stereocenters. The second kappa shape index (κ2) is 11.6. The van der Waals surface area contributed by atoms with Crippen LogP contribution in [0.2, 0.25) is 0 Å². The highest BCUT2D eigenvalue weighted by molar-refractivity contribution is 4.74. The Bertz CT molecular complexity index is 201. The maximum Gasteiger partial charge on any atom is 0.0615 e. The third-order valence-corrected chi connectivity index (χ3v) is 3.39. The summed E-state index contributed by atoms with van der Waals surface area (Å²) in [5.74, 6) is 0.715. The van der Waals surface area contributed by atoms with Gasteiger partial charge >= 0.3 is 0 Å². The lowest BCUT2D eigenvalue weighted by Crippen LogP contribution is -2.45. The lowest BCUT2D eigenvalue weighted by Gasteiger charge is -2.34. The van der Waals surface area contributed by atoms with E-state index >= 15 is 0 Å². The molecule has 0 spiro atoms. The standard InChI is InChI=1S/C15H34N2O2/c1-13(2)11-16-8-7-14(3)17(9-10-18-5)15(4)12-19-6/h13-16H,7-12H2,1-6H3. The van der Waals surface area contributed by atoms with E-state index < -0.39 is 0 Å². The first kappa shape index (κ1) is 18.8. The van der Waals surface area contributed by atoms with E-state index in [0.29, 0.717) is 18.0 Å². The van der Waals surface area contributed by atoms with Gasteiger partial charge < -0.3 is 14.8 Å². The Hall–Kier alpha value is -0.160. The molecule has 19 heavy (non-hydrogen) atoms. The normalized spacial score (nSPS) is 15.2. The lowest BCUT2D eigenvalue weighted by molar-refractivity contribution is 0.0494. The maximum absolute atomic E-state index is 5.27. The van der Waals surface area contributed by atoms with E-state index in [2.05, 4.69) is 37.9 Å². The van der Waals surface area contributed by atoms with Crippen LogP contribution in [0.15, 0.2) is 0 Å². The molecule has 0 saturated carbocycles. The van der Waals surface area contributed by atoms with Gasteiger partial charge in [0, 0.05) is 32.8 Å². The van der Waals surface area contributed by atoms with Crippen molar-refractivity contribution in [3.8, 4) is 0 Å². The molecule has 0 saturated heterocycles. The van der Waals surface area contributed by atoms with E-state index in [1.807, 2.05) is 0 Å². The predicted molar refractivity (Wildman–Crippen MR) is 81.7 cm³/mol. The molecule has 4 nitrogen and oxygen atoms in total. The summed E-state index contributed by atoms with van der Waals surface area (Å²) in [4.78, 5) is 2.48. The third-order valence-electron chi connectivity index (χ3n) is 3.39. The number of nitrogens with zero attached hydrogens (tertiary/aromatic N) is 1. The first-order valence-electron chi connectivity index (χ1n) is 7.47. The van der Waals surface area contributed by atoms with E-state index in [0.717, 1.165) is 39.3 Å². The minimum atomic E-state index is 0.431. The van der Waals surface area contributed by atoms with Gasteiger partial charge in [-0.05, 0) is 39.3 Å². The Kier molecular flexibility index (Phi) is 11.6. The maximum atomic E-state index is 5.27. The van der Waals surface area contributed by atoms with E-state index in [-0.39, 0.29) is 0 Å². The Morgan fingerprint density at radius 1 is 1.00 bits per heavy atom. The molecule has 116 valence electrons. The molecule has 2 unspecified atom stereocenters. The summed E-state index contributed by atoms with van der Waals surface area (Å²) < 4.78 is 10.5. The summed E-state index contributed by atoms with van der Waals surface area (Å²) in [7, 11) is 3.52. The van der Waals surface area contributed by atoms with Crippen molar-refractivity contribution in [1.82, 2.24) is 10.2 Å². The number of nitrogens with one attached hydrogen (secondary N) is 1. The van der Waals surface area contributed by atoms with Crippen LogP contribution in [0.1, 0.15) is 34.1 Å². The highest BCUT2D eigenvalue weighted by Gasteiger charge is 2.19. The summed E-state index contributed by atoms with van der Waals surface area (Å²) in [5, 5.41) is 3.51. The van der Waals surface area contributed by atoms with Crippen LogP contribution in [0.5, 0.6) is 0 Å². The number of rotatable bonds is 12. The average Bonchev–Trinajstić information content (AvgIpc) is 2.35. The first-order valence-corrected chi connectivity index (χ1v) is 7.47. The molecule has 0 amide bonds. The second-order valence-electron chi connectivity index (χ2n) is 5.77. The van der Waals surface area contributed by atoms with Crippen molar-refractivity contribution in [3.63, 3.8) is 0 Å². The third kappa shape index (κ3) is 9.38. The Balaban J connectivity index is 4.09. The van der Waals surface area contributed by atoms with E-state index in [1.165, 1.54) is 0 Å². The highest BCUT2D eigenvalue weighted by atomic mass is 16.5. The molecule has 4 heteroatoms. The molecule has 0 aliphatic carbocycles. The van der Waals surface area contributed by atoms with E-state index in [4.69, 9.17) is 9.47 Å². The molecule has 0 aromatic rings. The number of hydrogen-bond donors (Lipinski definition) is 1. The molecule has 0 aromatic carbocycles. The van der Waals surface area contributed by atoms with Gasteiger partial charge in [-0.3, -0.25) is 4.90 Å². The monoisotopic (exact) mass is 274 g/mol. The Labute approximate surface area is 119 Å². The zero-order valence-corrected chi connectivity index (χ0v) is 13.7. The van der Waals surface area contributed by atoms with Gasteiger partial charge in [0.15, 0.2) is 0 Å². The number of hydrogen-bond acceptors (Lipinski definition) is 4.